The number of carboxylic acids is 1. The van der Waals surface area contributed by atoms with E-state index in [-0.39, 0.29) is 6.23 Å². The zero-order valence-electron chi connectivity index (χ0n) is 6.33. The van der Waals surface area contributed by atoms with Crippen LogP contribution in [0.15, 0.2) is 11.6 Å². The van der Waals surface area contributed by atoms with E-state index in [9.17, 15) is 4.79 Å². The van der Waals surface area contributed by atoms with Crippen molar-refractivity contribution in [2.75, 3.05) is 13.2 Å². The maximum atomic E-state index is 10.3. The van der Waals surface area contributed by atoms with Gasteiger partial charge in [-0.3, -0.25) is 5.32 Å². The highest BCUT2D eigenvalue weighted by Gasteiger charge is 2.12. The van der Waals surface area contributed by atoms with Gasteiger partial charge in [0.05, 0.1) is 6.61 Å². The minimum absolute atomic E-state index is 0.217. The molecule has 4 nitrogen and oxygen atoms in total. The van der Waals surface area contributed by atoms with Crippen molar-refractivity contribution < 1.29 is 14.6 Å². The SMILES string of the molecule is CC(=CC1NCCO1)C(=O)O. The molecular weight excluding hydrogens is 146 g/mol. The summed E-state index contributed by atoms with van der Waals surface area (Å²) in [6, 6.07) is 0. The third-order valence-corrected chi connectivity index (χ3v) is 1.48. The smallest absolute Gasteiger partial charge is 0.331 e. The van der Waals surface area contributed by atoms with E-state index in [0.717, 1.165) is 6.54 Å². The van der Waals surface area contributed by atoms with Gasteiger partial charge in [0, 0.05) is 12.1 Å². The lowest BCUT2D eigenvalue weighted by Crippen LogP contribution is -2.20. The van der Waals surface area contributed by atoms with Crippen molar-refractivity contribution in [2.45, 2.75) is 13.2 Å². The molecule has 2 N–H and O–H groups in total. The van der Waals surface area contributed by atoms with Crippen LogP contribution in [0.25, 0.3) is 0 Å². The van der Waals surface area contributed by atoms with Gasteiger partial charge < -0.3 is 9.84 Å². The number of hydrogen-bond donors (Lipinski definition) is 2. The molecular formula is C7H11NO3. The van der Waals surface area contributed by atoms with Gasteiger partial charge >= 0.3 is 5.97 Å². The minimum Gasteiger partial charge on any atom is -0.478 e. The molecule has 0 spiro atoms. The summed E-state index contributed by atoms with van der Waals surface area (Å²) in [5.41, 5.74) is 0.310. The summed E-state index contributed by atoms with van der Waals surface area (Å²) in [6.07, 6.45) is 1.35. The molecule has 11 heavy (non-hydrogen) atoms. The number of carboxylic acid groups (broad SMARTS) is 1. The summed E-state index contributed by atoms with van der Waals surface area (Å²) in [7, 11) is 0. The average Bonchev–Trinajstić information content (AvgIpc) is 2.39. The third-order valence-electron chi connectivity index (χ3n) is 1.48. The molecule has 1 saturated heterocycles. The fraction of sp³-hybridized carbons (Fsp3) is 0.571. The average molecular weight is 157 g/mol. The number of aliphatic carboxylic acids is 1. The molecule has 1 fully saturated rings. The van der Waals surface area contributed by atoms with E-state index in [1.165, 1.54) is 0 Å². The van der Waals surface area contributed by atoms with Crippen LogP contribution in [0.3, 0.4) is 0 Å². The van der Waals surface area contributed by atoms with E-state index >= 15 is 0 Å². The molecule has 0 bridgehead atoms. The highest BCUT2D eigenvalue weighted by molar-refractivity contribution is 5.85. The molecule has 1 atom stereocenters. The van der Waals surface area contributed by atoms with Gasteiger partial charge in [-0.2, -0.15) is 0 Å². The van der Waals surface area contributed by atoms with E-state index in [4.69, 9.17) is 9.84 Å². The zero-order chi connectivity index (χ0) is 8.27. The molecule has 0 aromatic carbocycles. The standard InChI is InChI=1S/C7H11NO3/c1-5(7(9)10)4-6-8-2-3-11-6/h4,6,8H,2-3H2,1H3,(H,9,10). The largest absolute Gasteiger partial charge is 0.478 e. The normalized spacial score (nSPS) is 25.5. The number of nitrogens with one attached hydrogen (secondary N) is 1. The predicted octanol–water partition coefficient (Wildman–Crippen LogP) is -0.0368. The Morgan fingerprint density at radius 2 is 2.55 bits per heavy atom. The Bertz CT molecular complexity index is 182. The van der Waals surface area contributed by atoms with E-state index in [1.807, 2.05) is 0 Å². The van der Waals surface area contributed by atoms with Crippen molar-refractivity contribution in [3.8, 4) is 0 Å². The second kappa shape index (κ2) is 3.50. The molecule has 1 rings (SSSR count). The highest BCUT2D eigenvalue weighted by atomic mass is 16.5. The topological polar surface area (TPSA) is 58.6 Å². The molecule has 1 aliphatic rings. The quantitative estimate of drug-likeness (QED) is 0.552. The van der Waals surface area contributed by atoms with Crippen LogP contribution in [0.4, 0.5) is 0 Å². The van der Waals surface area contributed by atoms with Gasteiger partial charge in [-0.05, 0) is 13.0 Å². The van der Waals surface area contributed by atoms with E-state index < -0.39 is 5.97 Å². The van der Waals surface area contributed by atoms with Crippen molar-refractivity contribution in [2.24, 2.45) is 0 Å². The van der Waals surface area contributed by atoms with Gasteiger partial charge in [-0.25, -0.2) is 4.79 Å². The maximum Gasteiger partial charge on any atom is 0.331 e. The van der Waals surface area contributed by atoms with Crippen LogP contribution in [-0.4, -0.2) is 30.5 Å². The van der Waals surface area contributed by atoms with Gasteiger partial charge in [-0.15, -0.1) is 0 Å². The summed E-state index contributed by atoms with van der Waals surface area (Å²) >= 11 is 0. The summed E-state index contributed by atoms with van der Waals surface area (Å²) in [6.45, 7) is 2.98. The third kappa shape index (κ3) is 2.32. The minimum atomic E-state index is -0.901. The lowest BCUT2D eigenvalue weighted by molar-refractivity contribution is -0.132. The van der Waals surface area contributed by atoms with Gasteiger partial charge in [-0.1, -0.05) is 0 Å². The van der Waals surface area contributed by atoms with Crippen LogP contribution >= 0.6 is 0 Å². The van der Waals surface area contributed by atoms with Crippen LogP contribution in [0.5, 0.6) is 0 Å². The monoisotopic (exact) mass is 157 g/mol. The Morgan fingerprint density at radius 1 is 1.82 bits per heavy atom. The Balaban J connectivity index is 2.49. The molecule has 0 aromatic heterocycles. The van der Waals surface area contributed by atoms with E-state index in [0.29, 0.717) is 12.2 Å². The maximum absolute atomic E-state index is 10.3. The molecule has 0 aromatic rings. The second-order valence-corrected chi connectivity index (χ2v) is 2.40. The van der Waals surface area contributed by atoms with Crippen LogP contribution in [0.1, 0.15) is 6.92 Å². The second-order valence-electron chi connectivity index (χ2n) is 2.40. The summed E-state index contributed by atoms with van der Waals surface area (Å²) in [5, 5.41) is 11.5. The lowest BCUT2D eigenvalue weighted by Gasteiger charge is -2.03. The molecule has 0 aliphatic carbocycles. The van der Waals surface area contributed by atoms with Gasteiger partial charge in [0.2, 0.25) is 0 Å². The summed E-state index contributed by atoms with van der Waals surface area (Å²) < 4.78 is 5.12. The number of carbonyl (C=O) groups is 1. The van der Waals surface area contributed by atoms with Crippen molar-refractivity contribution in [3.05, 3.63) is 11.6 Å². The Kier molecular flexibility index (Phi) is 2.62. The molecule has 62 valence electrons. The van der Waals surface area contributed by atoms with Gasteiger partial charge in [0.15, 0.2) is 0 Å². The number of hydrogen-bond acceptors (Lipinski definition) is 3. The molecule has 1 heterocycles. The van der Waals surface area contributed by atoms with E-state index in [2.05, 4.69) is 5.32 Å². The van der Waals surface area contributed by atoms with Crippen molar-refractivity contribution in [1.82, 2.24) is 5.32 Å². The fourth-order valence-corrected chi connectivity index (χ4v) is 0.851. The van der Waals surface area contributed by atoms with Crippen LogP contribution in [0, 0.1) is 0 Å². The molecule has 0 radical (unpaired) electrons. The summed E-state index contributed by atoms with van der Waals surface area (Å²) in [4.78, 5) is 10.3. The van der Waals surface area contributed by atoms with E-state index in [1.54, 1.807) is 13.0 Å². The fourth-order valence-electron chi connectivity index (χ4n) is 0.851. The number of rotatable bonds is 2. The molecule has 4 heteroatoms. The highest BCUT2D eigenvalue weighted by Crippen LogP contribution is 2.01. The van der Waals surface area contributed by atoms with Gasteiger partial charge in [0.1, 0.15) is 6.23 Å². The first-order valence-corrected chi connectivity index (χ1v) is 3.47. The molecule has 0 amide bonds. The molecule has 1 unspecified atom stereocenters. The summed E-state index contributed by atoms with van der Waals surface area (Å²) in [5.74, 6) is -0.901. The van der Waals surface area contributed by atoms with Crippen LogP contribution in [-0.2, 0) is 9.53 Å². The van der Waals surface area contributed by atoms with Crippen LogP contribution in [0.2, 0.25) is 0 Å². The van der Waals surface area contributed by atoms with Gasteiger partial charge in [0.25, 0.3) is 0 Å². The first kappa shape index (κ1) is 8.23. The molecule has 1 aliphatic heterocycles. The van der Waals surface area contributed by atoms with Crippen molar-refractivity contribution in [1.29, 1.82) is 0 Å². The van der Waals surface area contributed by atoms with Crippen molar-refractivity contribution >= 4 is 5.97 Å². The Labute approximate surface area is 64.9 Å². The number of ether oxygens (including phenoxy) is 1. The lowest BCUT2D eigenvalue weighted by atomic mass is 10.3. The Morgan fingerprint density at radius 3 is 3.00 bits per heavy atom. The molecule has 0 saturated carbocycles. The predicted molar refractivity (Wildman–Crippen MR) is 39.1 cm³/mol. The first-order chi connectivity index (χ1) is 5.20. The van der Waals surface area contributed by atoms with Crippen molar-refractivity contribution in [3.63, 3.8) is 0 Å². The van der Waals surface area contributed by atoms with Crippen LogP contribution < -0.4 is 5.32 Å². The Hall–Kier alpha value is -0.870. The zero-order valence-corrected chi connectivity index (χ0v) is 6.33. The first-order valence-electron chi connectivity index (χ1n) is 3.47.